The van der Waals surface area contributed by atoms with Crippen LogP contribution in [0.4, 0.5) is 0 Å². The number of esters is 1. The summed E-state index contributed by atoms with van der Waals surface area (Å²) in [4.78, 5) is 21.9. The minimum atomic E-state index is -0.586. The fourth-order valence-electron chi connectivity index (χ4n) is 2.01. The minimum absolute atomic E-state index is 0.0752. The Morgan fingerprint density at radius 2 is 1.65 bits per heavy atom. The van der Waals surface area contributed by atoms with Crippen LogP contribution in [0.3, 0.4) is 0 Å². The molecule has 0 heterocycles. The number of benzene rings is 2. The van der Waals surface area contributed by atoms with Crippen molar-refractivity contribution in [1.82, 2.24) is 0 Å². The van der Waals surface area contributed by atoms with Gasteiger partial charge in [0.1, 0.15) is 13.7 Å². The summed E-state index contributed by atoms with van der Waals surface area (Å²) in [6.45, 7) is 4.18. The molecule has 0 aliphatic carbocycles. The normalized spacial score (nSPS) is 10.7. The molecule has 0 spiro atoms. The van der Waals surface area contributed by atoms with Gasteiger partial charge in [0.25, 0.3) is 0 Å². The smallest absolute Gasteiger partial charge is 0.360 e. The predicted molar refractivity (Wildman–Crippen MR) is 102 cm³/mol. The van der Waals surface area contributed by atoms with E-state index < -0.39 is 5.97 Å². The lowest BCUT2D eigenvalue weighted by Crippen LogP contribution is -2.19. The van der Waals surface area contributed by atoms with Crippen molar-refractivity contribution in [2.45, 2.75) is 20.5 Å². The van der Waals surface area contributed by atoms with Gasteiger partial charge in [-0.15, -0.1) is 0 Å². The van der Waals surface area contributed by atoms with Crippen molar-refractivity contribution in [3.05, 3.63) is 71.3 Å². The highest BCUT2D eigenvalue weighted by atomic mass is 16.6. The van der Waals surface area contributed by atoms with Crippen molar-refractivity contribution >= 4 is 17.9 Å². The Hall–Kier alpha value is -3.15. The van der Waals surface area contributed by atoms with Gasteiger partial charge in [0.15, 0.2) is 5.71 Å². The summed E-state index contributed by atoms with van der Waals surface area (Å²) in [5.74, 6) is -0.586. The van der Waals surface area contributed by atoms with E-state index >= 15 is 0 Å². The number of nitrogens with zero attached hydrogens (tertiary/aromatic N) is 2. The Kier molecular flexibility index (Phi) is 9.84. The second-order valence-electron chi connectivity index (χ2n) is 4.69. The number of carbonyl (C=O) groups is 1. The molecule has 0 aliphatic heterocycles. The summed E-state index contributed by atoms with van der Waals surface area (Å²) in [6, 6.07) is 16.8. The van der Waals surface area contributed by atoms with Gasteiger partial charge < -0.3 is 14.4 Å². The second-order valence-corrected chi connectivity index (χ2v) is 4.69. The SMILES string of the molecule is CC.CO/N=C(/C(=O)OC)c1ccccc1CO/N=C\c1ccccc1. The molecule has 0 unspecified atom stereocenters. The first-order valence-electron chi connectivity index (χ1n) is 8.24. The molecule has 0 amide bonds. The Balaban J connectivity index is 0.00000163. The molecule has 0 atom stereocenters. The van der Waals surface area contributed by atoms with Crippen LogP contribution < -0.4 is 0 Å². The van der Waals surface area contributed by atoms with Crippen LogP contribution in [0.2, 0.25) is 0 Å². The van der Waals surface area contributed by atoms with Crippen molar-refractivity contribution in [3.63, 3.8) is 0 Å². The van der Waals surface area contributed by atoms with Crippen LogP contribution in [0.15, 0.2) is 64.9 Å². The van der Waals surface area contributed by atoms with Crippen molar-refractivity contribution in [2.75, 3.05) is 14.2 Å². The zero-order valence-corrected chi connectivity index (χ0v) is 15.5. The van der Waals surface area contributed by atoms with E-state index in [2.05, 4.69) is 10.3 Å². The summed E-state index contributed by atoms with van der Waals surface area (Å²) >= 11 is 0. The maximum Gasteiger partial charge on any atom is 0.360 e. The van der Waals surface area contributed by atoms with Crippen LogP contribution in [0.1, 0.15) is 30.5 Å². The highest BCUT2D eigenvalue weighted by Crippen LogP contribution is 2.13. The highest BCUT2D eigenvalue weighted by Gasteiger charge is 2.19. The molecule has 0 aliphatic rings. The molecule has 0 N–H and O–H groups in total. The molecule has 0 bridgehead atoms. The molecule has 0 fully saturated rings. The average molecular weight is 356 g/mol. The third-order valence-electron chi connectivity index (χ3n) is 3.13. The van der Waals surface area contributed by atoms with E-state index in [9.17, 15) is 4.79 Å². The number of hydrogen-bond acceptors (Lipinski definition) is 6. The first kappa shape index (κ1) is 20.9. The van der Waals surface area contributed by atoms with E-state index in [1.54, 1.807) is 18.3 Å². The number of rotatable bonds is 7. The molecule has 0 radical (unpaired) electrons. The summed E-state index contributed by atoms with van der Waals surface area (Å²) in [5.41, 5.74) is 2.32. The van der Waals surface area contributed by atoms with Gasteiger partial charge in [0, 0.05) is 11.1 Å². The molecule has 26 heavy (non-hydrogen) atoms. The van der Waals surface area contributed by atoms with Crippen molar-refractivity contribution < 1.29 is 19.2 Å². The molecule has 6 nitrogen and oxygen atoms in total. The third kappa shape index (κ3) is 6.39. The Bertz CT molecular complexity index is 728. The lowest BCUT2D eigenvalue weighted by Gasteiger charge is -2.09. The van der Waals surface area contributed by atoms with E-state index in [-0.39, 0.29) is 12.3 Å². The van der Waals surface area contributed by atoms with E-state index in [0.717, 1.165) is 11.1 Å². The minimum Gasteiger partial charge on any atom is -0.464 e. The largest absolute Gasteiger partial charge is 0.464 e. The zero-order chi connectivity index (χ0) is 19.2. The maximum atomic E-state index is 11.9. The summed E-state index contributed by atoms with van der Waals surface area (Å²) in [7, 11) is 2.66. The summed E-state index contributed by atoms with van der Waals surface area (Å²) in [5, 5.41) is 7.69. The number of ether oxygens (including phenoxy) is 1. The molecule has 0 aromatic heterocycles. The fourth-order valence-corrected chi connectivity index (χ4v) is 2.01. The summed E-state index contributed by atoms with van der Waals surface area (Å²) < 4.78 is 4.74. The van der Waals surface area contributed by atoms with E-state index in [1.165, 1.54) is 14.2 Å². The fraction of sp³-hybridized carbons (Fsp3) is 0.250. The average Bonchev–Trinajstić information content (AvgIpc) is 2.71. The number of carbonyl (C=O) groups excluding carboxylic acids is 1. The van der Waals surface area contributed by atoms with Gasteiger partial charge in [-0.3, -0.25) is 0 Å². The van der Waals surface area contributed by atoms with Gasteiger partial charge in [-0.25, -0.2) is 4.79 Å². The quantitative estimate of drug-likeness (QED) is 0.430. The molecule has 0 saturated heterocycles. The lowest BCUT2D eigenvalue weighted by molar-refractivity contribution is -0.132. The van der Waals surface area contributed by atoms with Crippen molar-refractivity contribution in [1.29, 1.82) is 0 Å². The van der Waals surface area contributed by atoms with Crippen LogP contribution in [-0.2, 0) is 25.8 Å². The highest BCUT2D eigenvalue weighted by molar-refractivity contribution is 6.43. The second kappa shape index (κ2) is 12.2. The predicted octanol–water partition coefficient (Wildman–Crippen LogP) is 3.79. The van der Waals surface area contributed by atoms with Gasteiger partial charge in [-0.2, -0.15) is 0 Å². The molecule has 2 aromatic rings. The monoisotopic (exact) mass is 356 g/mol. The Morgan fingerprint density at radius 3 is 2.31 bits per heavy atom. The molecule has 138 valence electrons. The van der Waals surface area contributed by atoms with Crippen LogP contribution >= 0.6 is 0 Å². The van der Waals surface area contributed by atoms with Gasteiger partial charge >= 0.3 is 5.97 Å². The number of hydrogen-bond donors (Lipinski definition) is 0. The molecular weight excluding hydrogens is 332 g/mol. The van der Waals surface area contributed by atoms with Crippen molar-refractivity contribution in [2.24, 2.45) is 10.3 Å². The number of methoxy groups -OCH3 is 1. The molecular formula is C20H24N2O4. The van der Waals surface area contributed by atoms with Gasteiger partial charge in [0.05, 0.1) is 13.3 Å². The van der Waals surface area contributed by atoms with Crippen LogP contribution in [0, 0.1) is 0 Å². The van der Waals surface area contributed by atoms with E-state index in [0.29, 0.717) is 5.56 Å². The van der Waals surface area contributed by atoms with Crippen LogP contribution in [-0.4, -0.2) is 32.1 Å². The van der Waals surface area contributed by atoms with Crippen LogP contribution in [0.5, 0.6) is 0 Å². The van der Waals surface area contributed by atoms with Gasteiger partial charge in [-0.05, 0) is 5.56 Å². The molecule has 2 rings (SSSR count). The molecule has 2 aromatic carbocycles. The first-order chi connectivity index (χ1) is 12.8. The third-order valence-corrected chi connectivity index (χ3v) is 3.13. The van der Waals surface area contributed by atoms with Crippen LogP contribution in [0.25, 0.3) is 0 Å². The van der Waals surface area contributed by atoms with Gasteiger partial charge in [-0.1, -0.05) is 78.8 Å². The Morgan fingerprint density at radius 1 is 1.00 bits per heavy atom. The topological polar surface area (TPSA) is 69.5 Å². The number of oxime groups is 2. The first-order valence-corrected chi connectivity index (χ1v) is 8.24. The molecule has 6 heteroatoms. The van der Waals surface area contributed by atoms with E-state index in [4.69, 9.17) is 14.4 Å². The van der Waals surface area contributed by atoms with Gasteiger partial charge in [0.2, 0.25) is 0 Å². The Labute approximate surface area is 154 Å². The molecule has 0 saturated carbocycles. The standard InChI is InChI=1S/C18H18N2O4.C2H6/c1-22-18(21)17(20-23-2)16-11-7-6-10-15(16)13-24-19-12-14-8-4-3-5-9-14;1-2/h3-12H,13H2,1-2H3;1-2H3/b19-12-,20-17+;. The maximum absolute atomic E-state index is 11.9. The van der Waals surface area contributed by atoms with E-state index in [1.807, 2.05) is 56.3 Å². The van der Waals surface area contributed by atoms with Crippen molar-refractivity contribution in [3.8, 4) is 0 Å². The lowest BCUT2D eigenvalue weighted by atomic mass is 10.0. The zero-order valence-electron chi connectivity index (χ0n) is 15.5. The summed E-state index contributed by atoms with van der Waals surface area (Å²) in [6.07, 6.45) is 1.62.